The molecule has 3 rings (SSSR count). The van der Waals surface area contributed by atoms with Crippen molar-refractivity contribution in [3.63, 3.8) is 0 Å². The van der Waals surface area contributed by atoms with Crippen LogP contribution in [0, 0.1) is 11.8 Å². The van der Waals surface area contributed by atoms with E-state index in [1.807, 2.05) is 32.1 Å². The van der Waals surface area contributed by atoms with Gasteiger partial charge >= 0.3 is 11.9 Å². The van der Waals surface area contributed by atoms with Crippen LogP contribution in [0.1, 0.15) is 83.6 Å². The number of aromatic nitrogens is 1. The minimum atomic E-state index is -0.868. The van der Waals surface area contributed by atoms with E-state index in [2.05, 4.69) is 11.6 Å². The predicted molar refractivity (Wildman–Crippen MR) is 157 cm³/mol. The number of carbonyl (C=O) groups is 5. The van der Waals surface area contributed by atoms with E-state index < -0.39 is 35.8 Å². The Kier molecular flexibility index (Phi) is 13.1. The Morgan fingerprint density at radius 2 is 1.88 bits per heavy atom. The van der Waals surface area contributed by atoms with Crippen molar-refractivity contribution in [3.05, 3.63) is 54.4 Å². The van der Waals surface area contributed by atoms with Gasteiger partial charge in [-0.1, -0.05) is 30.7 Å². The van der Waals surface area contributed by atoms with Gasteiger partial charge in [-0.3, -0.25) is 24.2 Å². The highest BCUT2D eigenvalue weighted by Crippen LogP contribution is 2.26. The number of rotatable bonds is 5. The third-order valence-electron chi connectivity index (χ3n) is 8.10. The van der Waals surface area contributed by atoms with Gasteiger partial charge in [-0.05, 0) is 69.4 Å². The third-order valence-corrected chi connectivity index (χ3v) is 8.10. The lowest BCUT2D eigenvalue weighted by atomic mass is 9.88. The molecule has 1 aromatic rings. The molecule has 0 saturated carbocycles. The molecule has 9 heteroatoms. The molecule has 4 unspecified atom stereocenters. The molecular formula is C33H44N2O7. The molecule has 2 aliphatic rings. The van der Waals surface area contributed by atoms with Crippen molar-refractivity contribution in [1.82, 2.24) is 9.88 Å². The number of hydrogen-bond donors (Lipinski definition) is 0. The van der Waals surface area contributed by atoms with E-state index in [0.717, 1.165) is 17.6 Å². The fraction of sp³-hybridized carbons (Fsp3) is 0.576. The van der Waals surface area contributed by atoms with Gasteiger partial charge in [0.15, 0.2) is 0 Å². The summed E-state index contributed by atoms with van der Waals surface area (Å²) in [4.78, 5) is 70.3. The van der Waals surface area contributed by atoms with E-state index in [1.54, 1.807) is 18.5 Å². The molecule has 0 spiro atoms. The third kappa shape index (κ3) is 10.0. The number of nitrogens with zero attached hydrogens (tertiary/aromatic N) is 2. The first-order valence-corrected chi connectivity index (χ1v) is 15.1. The number of fused-ring (bicyclic) bond motifs is 1. The van der Waals surface area contributed by atoms with Crippen LogP contribution in [0.2, 0.25) is 0 Å². The van der Waals surface area contributed by atoms with Crippen molar-refractivity contribution >= 4 is 29.4 Å². The van der Waals surface area contributed by atoms with Crippen molar-refractivity contribution < 1.29 is 33.4 Å². The van der Waals surface area contributed by atoms with Gasteiger partial charge in [-0.25, -0.2) is 4.79 Å². The Morgan fingerprint density at radius 3 is 2.62 bits per heavy atom. The Bertz CT molecular complexity index is 1150. The van der Waals surface area contributed by atoms with Gasteiger partial charge in [0.1, 0.15) is 17.9 Å². The van der Waals surface area contributed by atoms with Crippen LogP contribution in [0.15, 0.2) is 48.8 Å². The molecule has 0 aromatic carbocycles. The molecule has 42 heavy (non-hydrogen) atoms. The minimum absolute atomic E-state index is 0.0763. The van der Waals surface area contributed by atoms with Crippen LogP contribution < -0.4 is 0 Å². The van der Waals surface area contributed by atoms with Crippen LogP contribution in [0.3, 0.4) is 0 Å². The van der Waals surface area contributed by atoms with E-state index >= 15 is 0 Å². The molecule has 0 radical (unpaired) electrons. The lowest BCUT2D eigenvalue weighted by Crippen LogP contribution is -2.51. The van der Waals surface area contributed by atoms with E-state index in [0.29, 0.717) is 51.4 Å². The van der Waals surface area contributed by atoms with Gasteiger partial charge < -0.3 is 14.4 Å². The van der Waals surface area contributed by atoms with Crippen molar-refractivity contribution in [1.29, 1.82) is 0 Å². The van der Waals surface area contributed by atoms with E-state index in [4.69, 9.17) is 9.47 Å². The summed E-state index contributed by atoms with van der Waals surface area (Å²) in [7, 11) is 0. The number of ether oxygens (including phenoxy) is 2. The number of esters is 2. The van der Waals surface area contributed by atoms with E-state index in [-0.39, 0.29) is 43.6 Å². The molecule has 0 N–H and O–H groups in total. The first-order chi connectivity index (χ1) is 20.2. The number of ketones is 2. The number of piperidine rings is 1. The molecule has 1 fully saturated rings. The number of cyclic esters (lactones) is 2. The second-order valence-corrected chi connectivity index (χ2v) is 11.4. The van der Waals surface area contributed by atoms with Gasteiger partial charge in [-0.15, -0.1) is 6.58 Å². The number of amides is 1. The van der Waals surface area contributed by atoms with Crippen molar-refractivity contribution in [2.24, 2.45) is 11.8 Å². The highest BCUT2D eigenvalue weighted by molar-refractivity contribution is 6.36. The zero-order valence-corrected chi connectivity index (χ0v) is 24.9. The summed E-state index contributed by atoms with van der Waals surface area (Å²) in [5, 5.41) is 0. The van der Waals surface area contributed by atoms with E-state index in [9.17, 15) is 24.0 Å². The standard InChI is InChI=1S/C33H44N2O7/c1-4-8-26-21-23(2)17-20-41-31(38)16-14-29(37)32(39)35-19-6-5-10-27(35)33(40)42-30(24(3)11-13-28(26)36)15-12-25-9-7-18-34-22-25/h4,7,9,18,21-22,24,26-27,30H,1,5-6,8,10-17,19-20H2,2-3H3/b23-21-. The van der Waals surface area contributed by atoms with Gasteiger partial charge in [0, 0.05) is 44.1 Å². The number of pyridine rings is 1. The predicted octanol–water partition coefficient (Wildman–Crippen LogP) is 4.73. The first-order valence-electron chi connectivity index (χ1n) is 15.1. The van der Waals surface area contributed by atoms with E-state index in [1.165, 1.54) is 4.90 Å². The number of carbonyl (C=O) groups excluding carboxylic acids is 5. The summed E-state index contributed by atoms with van der Waals surface area (Å²) in [5.41, 5.74) is 1.92. The van der Waals surface area contributed by atoms with Crippen LogP contribution in [0.25, 0.3) is 0 Å². The second-order valence-electron chi connectivity index (χ2n) is 11.4. The number of aryl methyl sites for hydroxylation is 1. The smallest absolute Gasteiger partial charge is 0.329 e. The lowest BCUT2D eigenvalue weighted by Gasteiger charge is -2.35. The summed E-state index contributed by atoms with van der Waals surface area (Å²) >= 11 is 0. The molecule has 3 heterocycles. The van der Waals surface area contributed by atoms with Gasteiger partial charge in [0.25, 0.3) is 5.91 Å². The molecule has 9 nitrogen and oxygen atoms in total. The Balaban J connectivity index is 1.85. The molecule has 4 atom stereocenters. The van der Waals surface area contributed by atoms with Crippen molar-refractivity contribution in [2.75, 3.05) is 13.2 Å². The van der Waals surface area contributed by atoms with Gasteiger partial charge in [0.2, 0.25) is 5.78 Å². The monoisotopic (exact) mass is 580 g/mol. The van der Waals surface area contributed by atoms with Crippen LogP contribution >= 0.6 is 0 Å². The fourth-order valence-electron chi connectivity index (χ4n) is 5.48. The zero-order chi connectivity index (χ0) is 30.5. The average molecular weight is 581 g/mol. The molecule has 1 amide bonds. The topological polar surface area (TPSA) is 120 Å². The average Bonchev–Trinajstić information content (AvgIpc) is 2.99. The first kappa shape index (κ1) is 32.9. The summed E-state index contributed by atoms with van der Waals surface area (Å²) < 4.78 is 11.3. The highest BCUT2D eigenvalue weighted by atomic mass is 16.5. The maximum Gasteiger partial charge on any atom is 0.329 e. The summed E-state index contributed by atoms with van der Waals surface area (Å²) in [6.07, 6.45) is 10.9. The number of hydrogen-bond acceptors (Lipinski definition) is 8. The Morgan fingerprint density at radius 1 is 1.07 bits per heavy atom. The minimum Gasteiger partial charge on any atom is -0.465 e. The number of Topliss-reactive ketones (excluding diaryl/α,β-unsaturated/α-hetero) is 2. The molecule has 1 saturated heterocycles. The second kappa shape index (κ2) is 16.7. The summed E-state index contributed by atoms with van der Waals surface area (Å²) in [6.45, 7) is 8.06. The molecule has 1 aromatic heterocycles. The fourth-order valence-corrected chi connectivity index (χ4v) is 5.48. The molecule has 2 aliphatic heterocycles. The quantitative estimate of drug-likeness (QED) is 0.279. The molecular weight excluding hydrogens is 536 g/mol. The van der Waals surface area contributed by atoms with Crippen LogP contribution in [-0.4, -0.2) is 64.6 Å². The SMILES string of the molecule is C=CCC1/C=C(/C)CCOC(=O)CCC(=O)C(=O)N2CCCCC2C(=O)OC(CCc2cccnc2)C(C)CCC1=O. The normalized spacial score (nSPS) is 27.2. The van der Waals surface area contributed by atoms with Gasteiger partial charge in [0.05, 0.1) is 13.0 Å². The maximum atomic E-state index is 13.5. The summed E-state index contributed by atoms with van der Waals surface area (Å²) in [5.74, 6) is -2.98. The van der Waals surface area contributed by atoms with Crippen molar-refractivity contribution in [2.45, 2.75) is 96.6 Å². The molecule has 0 aliphatic carbocycles. The van der Waals surface area contributed by atoms with Gasteiger partial charge in [-0.2, -0.15) is 0 Å². The largest absolute Gasteiger partial charge is 0.465 e. The number of allylic oxidation sites excluding steroid dienone is 2. The molecule has 0 bridgehead atoms. The van der Waals surface area contributed by atoms with Crippen LogP contribution in [-0.2, 0) is 39.9 Å². The molecule has 228 valence electrons. The summed E-state index contributed by atoms with van der Waals surface area (Å²) in [6, 6.07) is 2.95. The highest BCUT2D eigenvalue weighted by Gasteiger charge is 2.37. The van der Waals surface area contributed by atoms with Crippen molar-refractivity contribution in [3.8, 4) is 0 Å². The Labute approximate surface area is 248 Å². The van der Waals surface area contributed by atoms with Crippen LogP contribution in [0.4, 0.5) is 0 Å². The Hall–Kier alpha value is -3.62. The maximum absolute atomic E-state index is 13.5. The zero-order valence-electron chi connectivity index (χ0n) is 24.9. The van der Waals surface area contributed by atoms with Crippen LogP contribution in [0.5, 0.6) is 0 Å². The lowest BCUT2D eigenvalue weighted by molar-refractivity contribution is -0.165.